The summed E-state index contributed by atoms with van der Waals surface area (Å²) in [6.07, 6.45) is 3.69. The van der Waals surface area contributed by atoms with Gasteiger partial charge in [-0.05, 0) is 55.2 Å². The summed E-state index contributed by atoms with van der Waals surface area (Å²) in [6, 6.07) is 23.4. The lowest BCUT2D eigenvalue weighted by Crippen LogP contribution is -2.50. The fraction of sp³-hybridized carbons (Fsp3) is 0.375. The highest BCUT2D eigenvalue weighted by Gasteiger charge is 2.30. The van der Waals surface area contributed by atoms with Crippen LogP contribution in [-0.4, -0.2) is 50.5 Å². The maximum atomic E-state index is 13.8. The van der Waals surface area contributed by atoms with E-state index in [1.165, 1.54) is 4.31 Å². The van der Waals surface area contributed by atoms with Gasteiger partial charge >= 0.3 is 0 Å². The van der Waals surface area contributed by atoms with Crippen LogP contribution in [0.1, 0.15) is 49.3 Å². The zero-order chi connectivity index (χ0) is 29.8. The number of rotatable bonds is 15. The number of nitrogens with zero attached hydrogens (tertiary/aromatic N) is 2. The Bertz CT molecular complexity index is 1360. The molecule has 1 N–H and O–H groups in total. The fourth-order valence-electron chi connectivity index (χ4n) is 4.56. The topological polar surface area (TPSA) is 86.8 Å². The predicted molar refractivity (Wildman–Crippen MR) is 166 cm³/mol. The predicted octanol–water partition coefficient (Wildman–Crippen LogP) is 5.75. The molecular weight excluding hydrogens is 558 g/mol. The summed E-state index contributed by atoms with van der Waals surface area (Å²) in [6.45, 7) is 4.90. The minimum atomic E-state index is -3.55. The van der Waals surface area contributed by atoms with Gasteiger partial charge in [0.2, 0.25) is 21.8 Å². The average molecular weight is 598 g/mol. The zero-order valence-corrected chi connectivity index (χ0v) is 25.6. The van der Waals surface area contributed by atoms with Crippen molar-refractivity contribution in [3.8, 4) is 0 Å². The van der Waals surface area contributed by atoms with E-state index in [-0.39, 0.29) is 31.3 Å². The second-order valence-electron chi connectivity index (χ2n) is 10.3. The third-order valence-electron chi connectivity index (χ3n) is 6.84. The minimum absolute atomic E-state index is 0.0823. The molecule has 0 aliphatic carbocycles. The number of halogens is 1. The van der Waals surface area contributed by atoms with Crippen molar-refractivity contribution < 1.29 is 18.0 Å². The van der Waals surface area contributed by atoms with Gasteiger partial charge in [-0.3, -0.25) is 13.9 Å². The van der Waals surface area contributed by atoms with Crippen LogP contribution in [0.3, 0.4) is 0 Å². The van der Waals surface area contributed by atoms with E-state index in [4.69, 9.17) is 11.6 Å². The maximum Gasteiger partial charge on any atom is 0.243 e. The molecule has 220 valence electrons. The van der Waals surface area contributed by atoms with Gasteiger partial charge in [0, 0.05) is 37.5 Å². The van der Waals surface area contributed by atoms with Crippen LogP contribution in [0.4, 0.5) is 5.69 Å². The number of sulfonamides is 1. The number of hydrogen-bond acceptors (Lipinski definition) is 4. The molecule has 3 rings (SSSR count). The number of amides is 2. The van der Waals surface area contributed by atoms with Crippen LogP contribution >= 0.6 is 11.6 Å². The van der Waals surface area contributed by atoms with E-state index in [2.05, 4.69) is 12.2 Å². The Hall–Kier alpha value is -3.36. The SMILES string of the molecule is CCCCNC(=O)C(Cc1ccccc1)N(Cc1ccc(Cl)cc1)C(=O)CCCN(c1ccc(C)cc1)S(C)(=O)=O. The van der Waals surface area contributed by atoms with Crippen molar-refractivity contribution in [1.29, 1.82) is 0 Å². The Balaban J connectivity index is 1.86. The molecule has 0 saturated heterocycles. The van der Waals surface area contributed by atoms with Crippen molar-refractivity contribution in [2.45, 2.75) is 58.5 Å². The molecule has 2 amide bonds. The first-order valence-corrected chi connectivity index (χ1v) is 16.2. The monoisotopic (exact) mass is 597 g/mol. The lowest BCUT2D eigenvalue weighted by atomic mass is 10.0. The van der Waals surface area contributed by atoms with E-state index in [0.717, 1.165) is 35.8 Å². The highest BCUT2D eigenvalue weighted by atomic mass is 35.5. The number of nitrogens with one attached hydrogen (secondary N) is 1. The largest absolute Gasteiger partial charge is 0.354 e. The Morgan fingerprint density at radius 3 is 2.17 bits per heavy atom. The highest BCUT2D eigenvalue weighted by Crippen LogP contribution is 2.21. The van der Waals surface area contributed by atoms with E-state index in [0.29, 0.717) is 30.1 Å². The molecular formula is C32H40ClN3O4S. The average Bonchev–Trinajstić information content (AvgIpc) is 2.94. The molecule has 0 spiro atoms. The quantitative estimate of drug-likeness (QED) is 0.226. The molecule has 0 radical (unpaired) electrons. The minimum Gasteiger partial charge on any atom is -0.354 e. The summed E-state index contributed by atoms with van der Waals surface area (Å²) in [5.74, 6) is -0.425. The molecule has 3 aromatic carbocycles. The Morgan fingerprint density at radius 1 is 0.902 bits per heavy atom. The highest BCUT2D eigenvalue weighted by molar-refractivity contribution is 7.92. The van der Waals surface area contributed by atoms with Crippen molar-refractivity contribution >= 4 is 39.1 Å². The van der Waals surface area contributed by atoms with Crippen molar-refractivity contribution in [1.82, 2.24) is 10.2 Å². The Labute approximate surface area is 249 Å². The van der Waals surface area contributed by atoms with Crippen LogP contribution in [0.25, 0.3) is 0 Å². The number of carbonyl (C=O) groups is 2. The van der Waals surface area contributed by atoms with Crippen molar-refractivity contribution in [3.05, 3.63) is 101 Å². The lowest BCUT2D eigenvalue weighted by molar-refractivity contribution is -0.141. The number of benzene rings is 3. The van der Waals surface area contributed by atoms with Crippen LogP contribution in [-0.2, 0) is 32.6 Å². The smallest absolute Gasteiger partial charge is 0.243 e. The van der Waals surface area contributed by atoms with Crippen molar-refractivity contribution in [2.75, 3.05) is 23.7 Å². The van der Waals surface area contributed by atoms with E-state index >= 15 is 0 Å². The van der Waals surface area contributed by atoms with Gasteiger partial charge in [0.1, 0.15) is 6.04 Å². The van der Waals surface area contributed by atoms with Gasteiger partial charge in [-0.2, -0.15) is 0 Å². The first kappa shape index (κ1) is 32.2. The van der Waals surface area contributed by atoms with E-state index in [1.54, 1.807) is 29.2 Å². The first-order chi connectivity index (χ1) is 19.6. The molecule has 0 fully saturated rings. The van der Waals surface area contributed by atoms with E-state index < -0.39 is 16.1 Å². The lowest BCUT2D eigenvalue weighted by Gasteiger charge is -2.32. The van der Waals surface area contributed by atoms with E-state index in [1.807, 2.05) is 61.5 Å². The van der Waals surface area contributed by atoms with Gasteiger partial charge in [-0.1, -0.05) is 85.1 Å². The molecule has 0 saturated carbocycles. The van der Waals surface area contributed by atoms with Gasteiger partial charge < -0.3 is 10.2 Å². The molecule has 1 unspecified atom stereocenters. The summed E-state index contributed by atoms with van der Waals surface area (Å²) in [7, 11) is -3.55. The number of carbonyl (C=O) groups excluding carboxylic acids is 2. The fourth-order valence-corrected chi connectivity index (χ4v) is 5.65. The molecule has 3 aromatic rings. The molecule has 0 heterocycles. The van der Waals surface area contributed by atoms with Crippen LogP contribution in [0.15, 0.2) is 78.9 Å². The van der Waals surface area contributed by atoms with Gasteiger partial charge in [0.05, 0.1) is 11.9 Å². The molecule has 0 bridgehead atoms. The standard InChI is InChI=1S/C32H40ClN3O4S/c1-4-5-21-34-32(38)30(23-26-10-7-6-8-11-26)35(24-27-15-17-28(33)18-16-27)31(37)12-9-22-36(41(3,39)40)29-19-13-25(2)14-20-29/h6-8,10-11,13-20,30H,4-5,9,12,21-24H2,1-3H3,(H,34,38). The molecule has 0 aliphatic heterocycles. The normalized spacial score (nSPS) is 12.0. The summed E-state index contributed by atoms with van der Waals surface area (Å²) < 4.78 is 26.5. The van der Waals surface area contributed by atoms with Gasteiger partial charge in [0.25, 0.3) is 0 Å². The Morgan fingerprint density at radius 2 is 1.56 bits per heavy atom. The summed E-state index contributed by atoms with van der Waals surface area (Å²) >= 11 is 6.10. The van der Waals surface area contributed by atoms with Gasteiger partial charge in [-0.25, -0.2) is 8.42 Å². The summed E-state index contributed by atoms with van der Waals surface area (Å²) in [5, 5.41) is 3.60. The van der Waals surface area contributed by atoms with Gasteiger partial charge in [-0.15, -0.1) is 0 Å². The molecule has 7 nitrogen and oxygen atoms in total. The third kappa shape index (κ3) is 10.2. The van der Waals surface area contributed by atoms with Gasteiger partial charge in [0.15, 0.2) is 0 Å². The molecule has 9 heteroatoms. The molecule has 1 atom stereocenters. The van der Waals surface area contributed by atoms with Crippen LogP contribution in [0, 0.1) is 6.92 Å². The number of unbranched alkanes of at least 4 members (excludes halogenated alkanes) is 1. The second kappa shape index (κ2) is 15.6. The zero-order valence-electron chi connectivity index (χ0n) is 24.1. The van der Waals surface area contributed by atoms with Crippen LogP contribution in [0.2, 0.25) is 5.02 Å². The summed E-state index contributed by atoms with van der Waals surface area (Å²) in [4.78, 5) is 29.0. The maximum absolute atomic E-state index is 13.8. The van der Waals surface area contributed by atoms with Crippen molar-refractivity contribution in [2.24, 2.45) is 0 Å². The molecule has 0 aromatic heterocycles. The molecule has 41 heavy (non-hydrogen) atoms. The summed E-state index contributed by atoms with van der Waals surface area (Å²) in [5.41, 5.74) is 3.37. The van der Waals surface area contributed by atoms with Crippen molar-refractivity contribution in [3.63, 3.8) is 0 Å². The Kier molecular flexibility index (Phi) is 12.2. The van der Waals surface area contributed by atoms with Crippen LogP contribution in [0.5, 0.6) is 0 Å². The third-order valence-corrected chi connectivity index (χ3v) is 8.29. The molecule has 0 aliphatic rings. The second-order valence-corrected chi connectivity index (χ2v) is 12.6. The first-order valence-electron chi connectivity index (χ1n) is 14.0. The number of anilines is 1. The van der Waals surface area contributed by atoms with E-state index in [9.17, 15) is 18.0 Å². The number of aryl methyl sites for hydroxylation is 1. The number of hydrogen-bond donors (Lipinski definition) is 1. The van der Waals surface area contributed by atoms with Crippen LogP contribution < -0.4 is 9.62 Å².